The molecule has 14 heteroatoms. The molecule has 14 nitrogen and oxygen atoms in total. The van der Waals surface area contributed by atoms with Crippen molar-refractivity contribution >= 4 is 40.6 Å². The number of hydrogen-bond acceptors (Lipinski definition) is 10. The van der Waals surface area contributed by atoms with E-state index in [1.807, 2.05) is 0 Å². The van der Waals surface area contributed by atoms with Crippen LogP contribution in [0, 0.1) is 11.8 Å². The van der Waals surface area contributed by atoms with Gasteiger partial charge in [0.15, 0.2) is 11.6 Å². The van der Waals surface area contributed by atoms with Crippen LogP contribution in [-0.2, 0) is 53.3 Å². The first-order chi connectivity index (χ1) is 15.6. The van der Waals surface area contributed by atoms with Gasteiger partial charge in [-0.3, -0.25) is 33.6 Å². The summed E-state index contributed by atoms with van der Waals surface area (Å²) in [5, 5.41) is 2.25. The van der Waals surface area contributed by atoms with Crippen LogP contribution in [0.3, 0.4) is 0 Å². The van der Waals surface area contributed by atoms with Gasteiger partial charge in [0, 0.05) is 12.6 Å². The fourth-order valence-electron chi connectivity index (χ4n) is 3.04. The second-order valence-electron chi connectivity index (χ2n) is 7.64. The maximum Gasteiger partial charge on any atom is 0.338 e. The molecular weight excluding hydrogens is 480 g/mol. The Kier molecular flexibility index (Phi) is 13.0. The molecule has 0 atom stereocenters. The van der Waals surface area contributed by atoms with Crippen LogP contribution in [0.4, 0.5) is 0 Å². The quantitative estimate of drug-likeness (QED) is 0.425. The summed E-state index contributed by atoms with van der Waals surface area (Å²) in [6.45, 7) is 4.35. The van der Waals surface area contributed by atoms with Crippen molar-refractivity contribution in [2.45, 2.75) is 69.2 Å². The molecule has 1 aromatic heterocycles. The number of rotatable bonds is 8. The minimum absolute atomic E-state index is 0. The molecule has 0 aliphatic heterocycles. The van der Waals surface area contributed by atoms with E-state index in [1.54, 1.807) is 0 Å². The summed E-state index contributed by atoms with van der Waals surface area (Å²) < 4.78 is 1.68. The van der Waals surface area contributed by atoms with Crippen LogP contribution in [0.5, 0.6) is 0 Å². The monoisotopic (exact) mass is 520 g/mol. The predicted molar refractivity (Wildman–Crippen MR) is 135 cm³/mol. The van der Waals surface area contributed by atoms with E-state index in [2.05, 4.69) is 5.32 Å². The lowest BCUT2D eigenvalue weighted by Gasteiger charge is -2.27. The number of carbonyl (C=O) groups excluding carboxylic acids is 7. The van der Waals surface area contributed by atoms with Gasteiger partial charge in [-0.15, -0.1) is 0 Å². The third-order valence-corrected chi connectivity index (χ3v) is 4.58. The number of Topliss-reactive ketones (excluding diaryl/α,β-unsaturated/α-hetero) is 6. The Morgan fingerprint density at radius 1 is 0.639 bits per heavy atom. The highest BCUT2D eigenvalue weighted by Gasteiger charge is 2.53. The fraction of sp³-hybridized carbons (Fsp3) is 0.545. The van der Waals surface area contributed by atoms with E-state index >= 15 is 0 Å². The topological polar surface area (TPSA) is 198 Å². The molecule has 0 saturated heterocycles. The molecule has 1 aliphatic rings. The van der Waals surface area contributed by atoms with Crippen molar-refractivity contribution in [1.82, 2.24) is 19.0 Å². The van der Waals surface area contributed by atoms with Crippen molar-refractivity contribution in [2.75, 3.05) is 0 Å². The molecule has 1 N–H and O–H groups in total. The van der Waals surface area contributed by atoms with Crippen LogP contribution in [0.1, 0.15) is 55.2 Å². The highest BCUT2D eigenvalue weighted by Crippen LogP contribution is 2.26. The molecule has 36 heavy (non-hydrogen) atoms. The predicted octanol–water partition coefficient (Wildman–Crippen LogP) is -0.752. The largest absolute Gasteiger partial charge is 0.338 e. The molecule has 2 rings (SSSR count). The Bertz CT molecular complexity index is 1190. The van der Waals surface area contributed by atoms with Gasteiger partial charge in [-0.25, -0.2) is 28.1 Å². The lowest BCUT2D eigenvalue weighted by molar-refractivity contribution is -0.156. The first kappa shape index (κ1) is 34.1. The van der Waals surface area contributed by atoms with Gasteiger partial charge in [-0.05, 0) is 27.7 Å². The normalized spacial score (nSPS) is 15.7. The van der Waals surface area contributed by atoms with E-state index in [0.29, 0.717) is 13.7 Å². The smallest absolute Gasteiger partial charge is 0.338 e. The Labute approximate surface area is 212 Å². The highest BCUT2D eigenvalue weighted by atomic mass is 16.2. The zero-order valence-electron chi connectivity index (χ0n) is 19.2. The molecule has 1 fully saturated rings. The van der Waals surface area contributed by atoms with Crippen LogP contribution >= 0.6 is 0 Å². The molecule has 1 saturated carbocycles. The Morgan fingerprint density at radius 3 is 1.19 bits per heavy atom. The minimum atomic E-state index is -1.15. The maximum absolute atomic E-state index is 12.1. The van der Waals surface area contributed by atoms with E-state index in [0.717, 1.165) is 0 Å². The number of hydrogen-bond donors (Lipinski definition) is 1. The average molecular weight is 521 g/mol. The van der Waals surface area contributed by atoms with Gasteiger partial charge in [0.1, 0.15) is 41.6 Å². The maximum atomic E-state index is 12.1. The van der Waals surface area contributed by atoms with E-state index in [9.17, 15) is 47.9 Å². The van der Waals surface area contributed by atoms with Crippen LogP contribution in [0.25, 0.3) is 0 Å². The van der Waals surface area contributed by atoms with Gasteiger partial charge in [0.2, 0.25) is 5.91 Å². The van der Waals surface area contributed by atoms with Crippen molar-refractivity contribution in [2.24, 2.45) is 11.8 Å². The van der Waals surface area contributed by atoms with Crippen molar-refractivity contribution in [3.63, 3.8) is 0 Å². The summed E-state index contributed by atoms with van der Waals surface area (Å²) >= 11 is 0. The molecule has 0 radical (unpaired) electrons. The molecule has 1 amide bonds. The average Bonchev–Trinajstić information content (AvgIpc) is 2.67. The second-order valence-corrected chi connectivity index (χ2v) is 7.64. The van der Waals surface area contributed by atoms with Crippen LogP contribution in [0.15, 0.2) is 14.4 Å². The van der Waals surface area contributed by atoms with Crippen molar-refractivity contribution in [3.8, 4) is 0 Å². The molecule has 0 bridgehead atoms. The summed E-state index contributed by atoms with van der Waals surface area (Å²) in [6, 6.07) is 0. The molecule has 1 aliphatic carbocycles. The number of nitrogens with zero attached hydrogens (tertiary/aromatic N) is 3. The summed E-state index contributed by atoms with van der Waals surface area (Å²) in [5.41, 5.74) is -3.10. The standard InChI is InChI=1S/C12H16N4O6.C8H8O4.2CH4.4H2/c1-7(17)4-14-10(20)15(5-8(2)18)12(22)16(11(14)21)6-13-9(3)19;1-3(9)5-7(11)6(4(2)10)8(5)12;;;;;;/h4-6H2,1-3H3,(H,13,19);5-6H,1-2H3;2*1H4;4*1H. The minimum Gasteiger partial charge on any atom is -0.338 e. The Balaban J connectivity index is -0.000000140. The fourth-order valence-corrected chi connectivity index (χ4v) is 3.04. The number of ketones is 6. The summed E-state index contributed by atoms with van der Waals surface area (Å²) in [5.74, 6) is -5.77. The molecule has 0 unspecified atom stereocenters. The van der Waals surface area contributed by atoms with Gasteiger partial charge < -0.3 is 5.32 Å². The van der Waals surface area contributed by atoms with Crippen molar-refractivity contribution in [1.29, 1.82) is 0 Å². The zero-order chi connectivity index (χ0) is 26.5. The zero-order valence-corrected chi connectivity index (χ0v) is 19.2. The number of carbonyl (C=O) groups is 7. The number of nitrogens with one attached hydrogen (secondary N) is 1. The van der Waals surface area contributed by atoms with Crippen LogP contribution in [0.2, 0.25) is 0 Å². The first-order valence-electron chi connectivity index (χ1n) is 9.87. The second kappa shape index (κ2) is 13.7. The molecule has 1 heterocycles. The van der Waals surface area contributed by atoms with E-state index in [-0.39, 0.29) is 20.6 Å². The molecule has 0 spiro atoms. The van der Waals surface area contributed by atoms with E-state index < -0.39 is 89.3 Å². The van der Waals surface area contributed by atoms with Crippen LogP contribution in [-0.4, -0.2) is 54.3 Å². The third-order valence-electron chi connectivity index (χ3n) is 4.58. The van der Waals surface area contributed by atoms with Gasteiger partial charge >= 0.3 is 17.1 Å². The highest BCUT2D eigenvalue weighted by molar-refractivity contribution is 6.41. The van der Waals surface area contributed by atoms with E-state index in [4.69, 9.17) is 0 Å². The van der Waals surface area contributed by atoms with Gasteiger partial charge in [-0.1, -0.05) is 14.9 Å². The number of amides is 1. The lowest BCUT2D eigenvalue weighted by Crippen LogP contribution is -2.56. The summed E-state index contributed by atoms with van der Waals surface area (Å²) in [4.78, 5) is 113. The molecule has 208 valence electrons. The first-order valence-corrected chi connectivity index (χ1v) is 9.87. The van der Waals surface area contributed by atoms with E-state index in [1.165, 1.54) is 34.6 Å². The molecule has 0 aromatic carbocycles. The van der Waals surface area contributed by atoms with Gasteiger partial charge in [0.25, 0.3) is 0 Å². The number of aromatic nitrogens is 3. The molecular formula is C22H40N4O10. The summed E-state index contributed by atoms with van der Waals surface area (Å²) in [6.07, 6.45) is 0. The Hall–Kier alpha value is -4.10. The lowest BCUT2D eigenvalue weighted by atomic mass is 9.68. The van der Waals surface area contributed by atoms with Gasteiger partial charge in [-0.2, -0.15) is 0 Å². The SMILES string of the molecule is C.C.CC(=O)C1C(=O)C(C(C)=O)C1=O.CC(=O)Cn1c(=O)n(CNC(C)=O)c(=O)n(CC(C)=O)c1=O.[HH].[HH].[HH].[HH]. The third kappa shape index (κ3) is 7.71. The molecule has 1 aromatic rings. The van der Waals surface area contributed by atoms with Crippen molar-refractivity contribution in [3.05, 3.63) is 31.5 Å². The summed E-state index contributed by atoms with van der Waals surface area (Å²) in [7, 11) is 0. The van der Waals surface area contributed by atoms with Crippen molar-refractivity contribution < 1.29 is 39.3 Å². The Morgan fingerprint density at radius 2 is 0.944 bits per heavy atom. The van der Waals surface area contributed by atoms with Gasteiger partial charge in [0.05, 0.1) is 13.1 Å². The van der Waals surface area contributed by atoms with Crippen LogP contribution < -0.4 is 22.4 Å².